The Labute approximate surface area is 88.3 Å². The first-order valence-corrected chi connectivity index (χ1v) is 5.90. The van der Waals surface area contributed by atoms with Crippen molar-refractivity contribution < 1.29 is 5.11 Å². The van der Waals surface area contributed by atoms with Crippen LogP contribution in [0, 0.1) is 11.8 Å². The van der Waals surface area contributed by atoms with E-state index in [2.05, 4.69) is 32.7 Å². The summed E-state index contributed by atoms with van der Waals surface area (Å²) in [5.74, 6) is 1.21. The molecule has 2 heteroatoms. The highest BCUT2D eigenvalue weighted by atomic mass is 16.3. The number of aliphatic hydroxyl groups is 1. The molecule has 1 saturated carbocycles. The van der Waals surface area contributed by atoms with Gasteiger partial charge >= 0.3 is 0 Å². The summed E-state index contributed by atoms with van der Waals surface area (Å²) in [5.41, 5.74) is 0. The van der Waals surface area contributed by atoms with Crippen LogP contribution in [-0.4, -0.2) is 35.7 Å². The number of hydrogen-bond acceptors (Lipinski definition) is 2. The zero-order valence-corrected chi connectivity index (χ0v) is 10.0. The third kappa shape index (κ3) is 2.96. The summed E-state index contributed by atoms with van der Waals surface area (Å²) in [6.07, 6.45) is 3.37. The Kier molecular flexibility index (Phi) is 4.39. The van der Waals surface area contributed by atoms with Crippen LogP contribution in [0.5, 0.6) is 0 Å². The molecule has 3 atom stereocenters. The van der Waals surface area contributed by atoms with E-state index in [1.807, 2.05) is 0 Å². The zero-order valence-electron chi connectivity index (χ0n) is 10.0. The topological polar surface area (TPSA) is 23.5 Å². The lowest BCUT2D eigenvalue weighted by Crippen LogP contribution is -2.38. The Morgan fingerprint density at radius 3 is 2.36 bits per heavy atom. The van der Waals surface area contributed by atoms with Crippen LogP contribution in [0.4, 0.5) is 0 Å². The molecule has 1 fully saturated rings. The lowest BCUT2D eigenvalue weighted by Gasteiger charge is -2.31. The monoisotopic (exact) mass is 199 g/mol. The third-order valence-corrected chi connectivity index (χ3v) is 3.80. The first kappa shape index (κ1) is 12.0. The molecule has 0 saturated heterocycles. The van der Waals surface area contributed by atoms with Gasteiger partial charge in [0.05, 0.1) is 6.10 Å². The van der Waals surface area contributed by atoms with Gasteiger partial charge in [-0.2, -0.15) is 0 Å². The van der Waals surface area contributed by atoms with E-state index in [9.17, 15) is 5.11 Å². The van der Waals surface area contributed by atoms with E-state index in [0.29, 0.717) is 17.9 Å². The van der Waals surface area contributed by atoms with Crippen molar-refractivity contribution in [3.05, 3.63) is 0 Å². The van der Waals surface area contributed by atoms with Gasteiger partial charge in [0.15, 0.2) is 0 Å². The molecule has 0 bridgehead atoms. The Hall–Kier alpha value is -0.0800. The van der Waals surface area contributed by atoms with E-state index >= 15 is 0 Å². The number of hydrogen-bond donors (Lipinski definition) is 1. The summed E-state index contributed by atoms with van der Waals surface area (Å²) in [4.78, 5) is 2.39. The first-order chi connectivity index (χ1) is 6.52. The van der Waals surface area contributed by atoms with E-state index in [-0.39, 0.29) is 6.10 Å². The molecular weight excluding hydrogens is 174 g/mol. The normalized spacial score (nSPS) is 30.2. The molecule has 1 aliphatic rings. The minimum absolute atomic E-state index is 0.0446. The van der Waals surface area contributed by atoms with Gasteiger partial charge in [-0.25, -0.2) is 0 Å². The van der Waals surface area contributed by atoms with Crippen molar-refractivity contribution in [3.8, 4) is 0 Å². The molecule has 0 aromatic heterocycles. The van der Waals surface area contributed by atoms with Gasteiger partial charge in [-0.05, 0) is 38.6 Å². The molecule has 0 heterocycles. The SMILES string of the molecule is CC(C)C(C)N(C)CC1CCCC1O. The van der Waals surface area contributed by atoms with Crippen molar-refractivity contribution in [1.29, 1.82) is 0 Å². The molecule has 14 heavy (non-hydrogen) atoms. The fourth-order valence-electron chi connectivity index (χ4n) is 2.28. The van der Waals surface area contributed by atoms with Gasteiger partial charge < -0.3 is 10.0 Å². The highest BCUT2D eigenvalue weighted by Gasteiger charge is 2.27. The van der Waals surface area contributed by atoms with Crippen molar-refractivity contribution in [2.75, 3.05) is 13.6 Å². The third-order valence-electron chi connectivity index (χ3n) is 3.80. The second kappa shape index (κ2) is 5.13. The maximum atomic E-state index is 9.73. The summed E-state index contributed by atoms with van der Waals surface area (Å²) in [5, 5.41) is 9.73. The number of rotatable bonds is 4. The first-order valence-electron chi connectivity index (χ1n) is 5.90. The van der Waals surface area contributed by atoms with Crippen molar-refractivity contribution >= 4 is 0 Å². The Bertz CT molecular complexity index is 170. The predicted octanol–water partition coefficient (Wildman–Crippen LogP) is 2.12. The molecule has 1 aliphatic carbocycles. The maximum absolute atomic E-state index is 9.73. The van der Waals surface area contributed by atoms with Crippen LogP contribution in [0.25, 0.3) is 0 Å². The summed E-state index contributed by atoms with van der Waals surface area (Å²) in [6.45, 7) is 7.84. The van der Waals surface area contributed by atoms with Crippen LogP contribution >= 0.6 is 0 Å². The molecule has 1 N–H and O–H groups in total. The minimum Gasteiger partial charge on any atom is -0.393 e. The lowest BCUT2D eigenvalue weighted by molar-refractivity contribution is 0.0910. The number of nitrogens with zero attached hydrogens (tertiary/aromatic N) is 1. The van der Waals surface area contributed by atoms with Crippen molar-refractivity contribution in [2.24, 2.45) is 11.8 Å². The zero-order chi connectivity index (χ0) is 10.7. The van der Waals surface area contributed by atoms with Gasteiger partial charge in [0, 0.05) is 12.6 Å². The Balaban J connectivity index is 2.35. The molecule has 3 unspecified atom stereocenters. The van der Waals surface area contributed by atoms with E-state index in [1.54, 1.807) is 0 Å². The van der Waals surface area contributed by atoms with Gasteiger partial charge in [-0.15, -0.1) is 0 Å². The maximum Gasteiger partial charge on any atom is 0.0580 e. The van der Waals surface area contributed by atoms with Crippen LogP contribution in [0.15, 0.2) is 0 Å². The summed E-state index contributed by atoms with van der Waals surface area (Å²) in [7, 11) is 2.18. The minimum atomic E-state index is -0.0446. The fourth-order valence-corrected chi connectivity index (χ4v) is 2.28. The average molecular weight is 199 g/mol. The molecule has 84 valence electrons. The van der Waals surface area contributed by atoms with E-state index in [0.717, 1.165) is 13.0 Å². The largest absolute Gasteiger partial charge is 0.393 e. The highest BCUT2D eigenvalue weighted by molar-refractivity contribution is 4.80. The van der Waals surface area contributed by atoms with Crippen LogP contribution in [0.3, 0.4) is 0 Å². The molecule has 0 spiro atoms. The lowest BCUT2D eigenvalue weighted by atomic mass is 10.0. The summed E-state index contributed by atoms with van der Waals surface area (Å²) in [6, 6.07) is 0.614. The van der Waals surface area contributed by atoms with E-state index in [1.165, 1.54) is 12.8 Å². The van der Waals surface area contributed by atoms with Crippen LogP contribution in [0.1, 0.15) is 40.0 Å². The second-order valence-corrected chi connectivity index (χ2v) is 5.18. The second-order valence-electron chi connectivity index (χ2n) is 5.18. The molecule has 0 aliphatic heterocycles. The molecule has 0 aromatic rings. The molecular formula is C12H25NO. The van der Waals surface area contributed by atoms with Crippen LogP contribution in [0.2, 0.25) is 0 Å². The Morgan fingerprint density at radius 1 is 1.29 bits per heavy atom. The molecule has 0 amide bonds. The van der Waals surface area contributed by atoms with Gasteiger partial charge in [-0.3, -0.25) is 0 Å². The van der Waals surface area contributed by atoms with Crippen molar-refractivity contribution in [2.45, 2.75) is 52.2 Å². The molecule has 1 rings (SSSR count). The van der Waals surface area contributed by atoms with E-state index in [4.69, 9.17) is 0 Å². The number of aliphatic hydroxyl groups excluding tert-OH is 1. The molecule has 0 aromatic carbocycles. The van der Waals surface area contributed by atoms with Gasteiger partial charge in [0.1, 0.15) is 0 Å². The van der Waals surface area contributed by atoms with Gasteiger partial charge in [-0.1, -0.05) is 20.3 Å². The molecule has 2 nitrogen and oxygen atoms in total. The summed E-state index contributed by atoms with van der Waals surface area (Å²) < 4.78 is 0. The quantitative estimate of drug-likeness (QED) is 0.749. The highest BCUT2D eigenvalue weighted by Crippen LogP contribution is 2.26. The van der Waals surface area contributed by atoms with Crippen LogP contribution in [-0.2, 0) is 0 Å². The fraction of sp³-hybridized carbons (Fsp3) is 1.00. The smallest absolute Gasteiger partial charge is 0.0580 e. The van der Waals surface area contributed by atoms with E-state index < -0.39 is 0 Å². The van der Waals surface area contributed by atoms with Crippen LogP contribution < -0.4 is 0 Å². The average Bonchev–Trinajstić information content (AvgIpc) is 2.50. The van der Waals surface area contributed by atoms with Crippen molar-refractivity contribution in [1.82, 2.24) is 4.90 Å². The van der Waals surface area contributed by atoms with Gasteiger partial charge in [0.25, 0.3) is 0 Å². The molecule has 0 radical (unpaired) electrons. The standard InChI is InChI=1S/C12H25NO/c1-9(2)10(3)13(4)8-11-6-5-7-12(11)14/h9-12,14H,5-8H2,1-4H3. The van der Waals surface area contributed by atoms with Gasteiger partial charge in [0.2, 0.25) is 0 Å². The van der Waals surface area contributed by atoms with Crippen molar-refractivity contribution in [3.63, 3.8) is 0 Å². The summed E-state index contributed by atoms with van der Waals surface area (Å²) >= 11 is 0. The predicted molar refractivity (Wildman–Crippen MR) is 60.3 cm³/mol. The Morgan fingerprint density at radius 2 is 1.93 bits per heavy atom.